The molecular formula is C11H22IN3OS2. The van der Waals surface area contributed by atoms with E-state index in [9.17, 15) is 4.79 Å². The number of thioether (sulfide) groups is 2. The fourth-order valence-electron chi connectivity index (χ4n) is 1.72. The molecule has 0 aliphatic carbocycles. The summed E-state index contributed by atoms with van der Waals surface area (Å²) in [5.74, 6) is 2.26. The molecule has 0 radical (unpaired) electrons. The first-order valence-electron chi connectivity index (χ1n) is 6.16. The van der Waals surface area contributed by atoms with Crippen LogP contribution in [-0.2, 0) is 4.79 Å². The third-order valence-electron chi connectivity index (χ3n) is 2.86. The lowest BCUT2D eigenvalue weighted by Crippen LogP contribution is -2.33. The van der Waals surface area contributed by atoms with Crippen LogP contribution in [0.2, 0.25) is 0 Å². The van der Waals surface area contributed by atoms with Gasteiger partial charge in [0.15, 0.2) is 2.21 Å². The molecule has 0 saturated carbocycles. The highest BCUT2D eigenvalue weighted by Gasteiger charge is 2.37. The van der Waals surface area contributed by atoms with Crippen molar-refractivity contribution in [2.24, 2.45) is 5.73 Å². The molecule has 1 atom stereocenters. The zero-order valence-corrected chi connectivity index (χ0v) is 14.6. The zero-order chi connectivity index (χ0) is 13.4. The minimum absolute atomic E-state index is 0.179. The van der Waals surface area contributed by atoms with E-state index in [1.54, 1.807) is 0 Å². The van der Waals surface area contributed by atoms with E-state index in [0.717, 1.165) is 38.1 Å². The molecule has 1 aliphatic rings. The summed E-state index contributed by atoms with van der Waals surface area (Å²) in [6, 6.07) is 0. The highest BCUT2D eigenvalue weighted by Crippen LogP contribution is 2.49. The smallest absolute Gasteiger partial charge is 0.166 e. The molecule has 1 fully saturated rings. The van der Waals surface area contributed by atoms with Crippen molar-refractivity contribution in [1.82, 2.24) is 9.80 Å². The molecule has 7 heteroatoms. The van der Waals surface area contributed by atoms with Crippen LogP contribution in [0.4, 0.5) is 0 Å². The molecular weight excluding hydrogens is 381 g/mol. The van der Waals surface area contributed by atoms with Crippen molar-refractivity contribution < 1.29 is 4.79 Å². The number of aldehydes is 1. The van der Waals surface area contributed by atoms with Gasteiger partial charge in [0.2, 0.25) is 0 Å². The van der Waals surface area contributed by atoms with Gasteiger partial charge >= 0.3 is 0 Å². The van der Waals surface area contributed by atoms with E-state index in [1.807, 2.05) is 23.5 Å². The summed E-state index contributed by atoms with van der Waals surface area (Å²) in [6.45, 7) is 4.26. The summed E-state index contributed by atoms with van der Waals surface area (Å²) in [5.41, 5.74) is 5.51. The van der Waals surface area contributed by atoms with Gasteiger partial charge in [-0.25, -0.2) is 0 Å². The second-order valence-corrected chi connectivity index (χ2v) is 10.1. The molecule has 0 amide bonds. The number of rotatable bonds is 9. The van der Waals surface area contributed by atoms with Crippen LogP contribution in [-0.4, -0.2) is 69.6 Å². The van der Waals surface area contributed by atoms with E-state index in [-0.39, 0.29) is 2.21 Å². The maximum atomic E-state index is 10.6. The minimum Gasteiger partial charge on any atom is -0.330 e. The van der Waals surface area contributed by atoms with Gasteiger partial charge in [0.05, 0.1) is 6.54 Å². The first-order chi connectivity index (χ1) is 8.62. The van der Waals surface area contributed by atoms with Gasteiger partial charge in [-0.05, 0) is 49.1 Å². The Balaban J connectivity index is 2.26. The second-order valence-electron chi connectivity index (χ2n) is 4.23. The number of carbonyl (C=O) groups is 1. The molecule has 0 aromatic rings. The Morgan fingerprint density at radius 1 is 1.61 bits per heavy atom. The van der Waals surface area contributed by atoms with Gasteiger partial charge in [-0.15, -0.1) is 23.5 Å². The van der Waals surface area contributed by atoms with Gasteiger partial charge in [-0.1, -0.05) is 0 Å². The fraction of sp³-hybridized carbons (Fsp3) is 0.909. The van der Waals surface area contributed by atoms with Crippen molar-refractivity contribution in [3.63, 3.8) is 0 Å². The summed E-state index contributed by atoms with van der Waals surface area (Å²) < 4.78 is 0.179. The third-order valence-corrected chi connectivity index (χ3v) is 8.37. The van der Waals surface area contributed by atoms with Crippen LogP contribution in [0.15, 0.2) is 0 Å². The molecule has 18 heavy (non-hydrogen) atoms. The van der Waals surface area contributed by atoms with E-state index in [0.29, 0.717) is 13.1 Å². The van der Waals surface area contributed by atoms with Crippen LogP contribution >= 0.6 is 46.1 Å². The van der Waals surface area contributed by atoms with Crippen LogP contribution in [0.25, 0.3) is 0 Å². The van der Waals surface area contributed by atoms with Crippen LogP contribution in [0.1, 0.15) is 6.42 Å². The molecule has 1 aliphatic heterocycles. The second kappa shape index (κ2) is 9.02. The van der Waals surface area contributed by atoms with E-state index in [1.165, 1.54) is 5.75 Å². The van der Waals surface area contributed by atoms with Crippen LogP contribution in [0, 0.1) is 0 Å². The topological polar surface area (TPSA) is 49.6 Å². The van der Waals surface area contributed by atoms with Gasteiger partial charge in [0, 0.05) is 24.6 Å². The summed E-state index contributed by atoms with van der Waals surface area (Å²) in [4.78, 5) is 15.2. The van der Waals surface area contributed by atoms with Crippen molar-refractivity contribution in [2.75, 3.05) is 51.3 Å². The molecule has 2 N–H and O–H groups in total. The Hall–Kier alpha value is 0.980. The molecule has 1 heterocycles. The van der Waals surface area contributed by atoms with Crippen molar-refractivity contribution in [2.45, 2.75) is 8.63 Å². The molecule has 0 aromatic carbocycles. The number of nitrogens with zero attached hydrogens (tertiary/aromatic N) is 2. The normalized spacial score (nSPS) is 24.9. The Morgan fingerprint density at radius 3 is 2.94 bits per heavy atom. The highest BCUT2D eigenvalue weighted by molar-refractivity contribution is 14.1. The molecule has 1 unspecified atom stereocenters. The predicted molar refractivity (Wildman–Crippen MR) is 90.5 cm³/mol. The lowest BCUT2D eigenvalue weighted by Gasteiger charge is -2.29. The lowest BCUT2D eigenvalue weighted by atomic mass is 10.4. The van der Waals surface area contributed by atoms with Gasteiger partial charge < -0.3 is 10.5 Å². The van der Waals surface area contributed by atoms with Crippen molar-refractivity contribution in [3.05, 3.63) is 0 Å². The molecule has 0 bridgehead atoms. The quantitative estimate of drug-likeness (QED) is 0.271. The average molecular weight is 403 g/mol. The Bertz CT molecular complexity index is 260. The molecule has 4 nitrogen and oxygen atoms in total. The van der Waals surface area contributed by atoms with E-state index < -0.39 is 0 Å². The number of hydrogen-bond acceptors (Lipinski definition) is 6. The van der Waals surface area contributed by atoms with Gasteiger partial charge in [0.25, 0.3) is 0 Å². The fourth-order valence-corrected chi connectivity index (χ4v) is 5.96. The molecule has 0 spiro atoms. The SMILES string of the molecule is CN1CCSC1(I)SCCN(CC=O)CCCN. The Morgan fingerprint density at radius 2 is 2.39 bits per heavy atom. The van der Waals surface area contributed by atoms with Crippen molar-refractivity contribution >= 4 is 52.4 Å². The number of hydrogen-bond donors (Lipinski definition) is 1. The van der Waals surface area contributed by atoms with Crippen LogP contribution in [0.5, 0.6) is 0 Å². The van der Waals surface area contributed by atoms with Crippen LogP contribution < -0.4 is 5.73 Å². The average Bonchev–Trinajstić information content (AvgIpc) is 2.67. The van der Waals surface area contributed by atoms with E-state index >= 15 is 0 Å². The Labute approximate surface area is 132 Å². The maximum absolute atomic E-state index is 10.6. The molecule has 1 saturated heterocycles. The van der Waals surface area contributed by atoms with Gasteiger partial charge in [-0.3, -0.25) is 9.80 Å². The lowest BCUT2D eigenvalue weighted by molar-refractivity contribution is -0.108. The molecule has 0 aromatic heterocycles. The monoisotopic (exact) mass is 403 g/mol. The number of carbonyl (C=O) groups excluding carboxylic acids is 1. The highest BCUT2D eigenvalue weighted by atomic mass is 127. The summed E-state index contributed by atoms with van der Waals surface area (Å²) in [7, 11) is 2.18. The number of alkyl halides is 1. The first-order valence-corrected chi connectivity index (χ1v) is 9.21. The summed E-state index contributed by atoms with van der Waals surface area (Å²) in [5, 5.41) is 0. The maximum Gasteiger partial charge on any atom is 0.166 e. The van der Waals surface area contributed by atoms with Gasteiger partial charge in [0.1, 0.15) is 6.29 Å². The van der Waals surface area contributed by atoms with Crippen LogP contribution in [0.3, 0.4) is 0 Å². The standard InChI is InChI=1S/C11H22IN3OS2/c1-14-6-9-17-11(14,12)18-10-7-15(5-8-16)4-2-3-13/h8H,2-7,9-10,13H2,1H3. The predicted octanol–water partition coefficient (Wildman–Crippen LogP) is 1.29. The largest absolute Gasteiger partial charge is 0.330 e. The number of halogens is 1. The Kier molecular flexibility index (Phi) is 8.53. The zero-order valence-electron chi connectivity index (χ0n) is 10.8. The van der Waals surface area contributed by atoms with Crippen molar-refractivity contribution in [1.29, 1.82) is 0 Å². The van der Waals surface area contributed by atoms with Crippen molar-refractivity contribution in [3.8, 4) is 0 Å². The molecule has 106 valence electrons. The molecule has 1 rings (SSSR count). The summed E-state index contributed by atoms with van der Waals surface area (Å²) >= 11 is 6.50. The van der Waals surface area contributed by atoms with E-state index in [4.69, 9.17) is 5.73 Å². The van der Waals surface area contributed by atoms with E-state index in [2.05, 4.69) is 39.4 Å². The minimum atomic E-state index is 0.179. The number of nitrogens with two attached hydrogens (primary N) is 1. The summed E-state index contributed by atoms with van der Waals surface area (Å²) in [6.07, 6.45) is 1.94. The van der Waals surface area contributed by atoms with Gasteiger partial charge in [-0.2, -0.15) is 0 Å². The third kappa shape index (κ3) is 5.54. The first kappa shape index (κ1) is 17.0.